The van der Waals surface area contributed by atoms with E-state index in [4.69, 9.17) is 4.74 Å². The van der Waals surface area contributed by atoms with Gasteiger partial charge < -0.3 is 10.1 Å². The van der Waals surface area contributed by atoms with E-state index in [0.717, 1.165) is 19.3 Å². The van der Waals surface area contributed by atoms with E-state index >= 15 is 0 Å². The number of sulfonamides is 1. The Labute approximate surface area is 182 Å². The Balaban J connectivity index is 1.33. The Morgan fingerprint density at radius 1 is 0.935 bits per heavy atom. The molecule has 31 heavy (non-hydrogen) atoms. The molecule has 160 valence electrons. The van der Waals surface area contributed by atoms with Gasteiger partial charge in [0.2, 0.25) is 0 Å². The van der Waals surface area contributed by atoms with E-state index in [1.54, 1.807) is 36.4 Å². The first kappa shape index (κ1) is 20.9. The van der Waals surface area contributed by atoms with Crippen molar-refractivity contribution in [3.05, 3.63) is 90.0 Å². The molecule has 0 unspecified atom stereocenters. The van der Waals surface area contributed by atoms with Gasteiger partial charge in [-0.1, -0.05) is 42.5 Å². The molecule has 1 amide bonds. The predicted octanol–water partition coefficient (Wildman–Crippen LogP) is 4.06. The zero-order valence-corrected chi connectivity index (χ0v) is 17.8. The summed E-state index contributed by atoms with van der Waals surface area (Å²) in [5.41, 5.74) is 2.94. The van der Waals surface area contributed by atoms with Crippen molar-refractivity contribution in [2.75, 3.05) is 11.3 Å². The second-order valence-electron chi connectivity index (χ2n) is 7.44. The summed E-state index contributed by atoms with van der Waals surface area (Å²) in [4.78, 5) is 12.5. The van der Waals surface area contributed by atoms with E-state index in [0.29, 0.717) is 11.4 Å². The zero-order chi connectivity index (χ0) is 21.7. The molecule has 0 radical (unpaired) electrons. The number of hydrogen-bond acceptors (Lipinski definition) is 4. The number of anilines is 1. The van der Waals surface area contributed by atoms with Crippen molar-refractivity contribution in [1.82, 2.24) is 5.32 Å². The number of hydrogen-bond donors (Lipinski definition) is 2. The Bertz CT molecular complexity index is 1150. The highest BCUT2D eigenvalue weighted by Gasteiger charge is 2.21. The molecule has 0 saturated carbocycles. The lowest BCUT2D eigenvalue weighted by Crippen LogP contribution is -2.34. The van der Waals surface area contributed by atoms with Crippen LogP contribution in [0.5, 0.6) is 5.75 Å². The third-order valence-corrected chi connectivity index (χ3v) is 6.63. The monoisotopic (exact) mass is 436 g/mol. The molecule has 0 heterocycles. The van der Waals surface area contributed by atoms with Gasteiger partial charge in [0.25, 0.3) is 15.9 Å². The van der Waals surface area contributed by atoms with Crippen LogP contribution in [0.2, 0.25) is 0 Å². The molecular formula is C24H24N2O4S. The van der Waals surface area contributed by atoms with Gasteiger partial charge in [-0.2, -0.15) is 0 Å². The molecule has 0 saturated heterocycles. The first-order chi connectivity index (χ1) is 15.0. The largest absolute Gasteiger partial charge is 0.484 e. The lowest BCUT2D eigenvalue weighted by molar-refractivity contribution is -0.124. The molecule has 0 spiro atoms. The Morgan fingerprint density at radius 3 is 2.42 bits per heavy atom. The highest BCUT2D eigenvalue weighted by molar-refractivity contribution is 7.92. The third kappa shape index (κ3) is 5.24. The molecular weight excluding hydrogens is 412 g/mol. The number of amides is 1. The third-order valence-electron chi connectivity index (χ3n) is 5.23. The number of aryl methyl sites for hydroxylation is 1. The normalized spacial score (nSPS) is 15.5. The van der Waals surface area contributed by atoms with Gasteiger partial charge in [-0.15, -0.1) is 0 Å². The summed E-state index contributed by atoms with van der Waals surface area (Å²) in [6, 6.07) is 22.8. The lowest BCUT2D eigenvalue weighted by atomic mass is 9.88. The first-order valence-electron chi connectivity index (χ1n) is 10.2. The Morgan fingerprint density at radius 2 is 1.65 bits per heavy atom. The van der Waals surface area contributed by atoms with Gasteiger partial charge in [-0.05, 0) is 66.8 Å². The SMILES string of the molecule is O=C(COc1ccc(S(=O)(=O)Nc2ccccc2)cc1)N[C@@H]1CCCc2ccccc21. The van der Waals surface area contributed by atoms with Crippen LogP contribution in [0, 0.1) is 0 Å². The Kier molecular flexibility index (Phi) is 6.23. The summed E-state index contributed by atoms with van der Waals surface area (Å²) in [5.74, 6) is 0.224. The Hall–Kier alpha value is -3.32. The minimum absolute atomic E-state index is 0.00219. The first-order valence-corrected chi connectivity index (χ1v) is 11.7. The standard InChI is InChI=1S/C24H24N2O4S/c27-24(25-23-12-6-8-18-7-4-5-11-22(18)23)17-30-20-13-15-21(16-14-20)31(28,29)26-19-9-2-1-3-10-19/h1-5,7,9-11,13-16,23,26H,6,8,12,17H2,(H,25,27)/t23-/m1/s1. The van der Waals surface area contributed by atoms with Gasteiger partial charge >= 0.3 is 0 Å². The summed E-state index contributed by atoms with van der Waals surface area (Å²) in [6.45, 7) is -0.132. The van der Waals surface area contributed by atoms with Crippen LogP contribution in [0.1, 0.15) is 30.0 Å². The average Bonchev–Trinajstić information content (AvgIpc) is 2.79. The molecule has 4 rings (SSSR count). The maximum Gasteiger partial charge on any atom is 0.261 e. The van der Waals surface area contributed by atoms with Gasteiger partial charge in [0, 0.05) is 5.69 Å². The van der Waals surface area contributed by atoms with E-state index in [1.807, 2.05) is 18.2 Å². The summed E-state index contributed by atoms with van der Waals surface area (Å²) in [5, 5.41) is 3.04. The summed E-state index contributed by atoms with van der Waals surface area (Å²) in [6.07, 6.45) is 2.98. The van der Waals surface area contributed by atoms with E-state index in [-0.39, 0.29) is 23.5 Å². The molecule has 7 heteroatoms. The minimum Gasteiger partial charge on any atom is -0.484 e. The van der Waals surface area contributed by atoms with Crippen molar-refractivity contribution in [1.29, 1.82) is 0 Å². The van der Waals surface area contributed by atoms with Gasteiger partial charge in [0.05, 0.1) is 10.9 Å². The van der Waals surface area contributed by atoms with Crippen molar-refractivity contribution < 1.29 is 17.9 Å². The smallest absolute Gasteiger partial charge is 0.261 e. The molecule has 0 bridgehead atoms. The molecule has 6 nitrogen and oxygen atoms in total. The molecule has 0 aliphatic heterocycles. The quantitative estimate of drug-likeness (QED) is 0.585. The summed E-state index contributed by atoms with van der Waals surface area (Å²) >= 11 is 0. The van der Waals surface area contributed by atoms with Crippen LogP contribution >= 0.6 is 0 Å². The lowest BCUT2D eigenvalue weighted by Gasteiger charge is -2.26. The molecule has 1 aliphatic rings. The topological polar surface area (TPSA) is 84.5 Å². The second-order valence-corrected chi connectivity index (χ2v) is 9.13. The van der Waals surface area contributed by atoms with Crippen LogP contribution in [0.4, 0.5) is 5.69 Å². The van der Waals surface area contributed by atoms with Crippen LogP contribution < -0.4 is 14.8 Å². The van der Waals surface area contributed by atoms with Crippen molar-refractivity contribution in [3.8, 4) is 5.75 Å². The fourth-order valence-corrected chi connectivity index (χ4v) is 4.78. The van der Waals surface area contributed by atoms with Crippen molar-refractivity contribution >= 4 is 21.6 Å². The molecule has 2 N–H and O–H groups in total. The number of nitrogens with one attached hydrogen (secondary N) is 2. The molecule has 1 atom stereocenters. The van der Waals surface area contributed by atoms with E-state index in [2.05, 4.69) is 22.2 Å². The van der Waals surface area contributed by atoms with Crippen molar-refractivity contribution in [3.63, 3.8) is 0 Å². The number of para-hydroxylation sites is 1. The number of rotatable bonds is 7. The summed E-state index contributed by atoms with van der Waals surface area (Å²) in [7, 11) is -3.69. The molecule has 0 fully saturated rings. The van der Waals surface area contributed by atoms with Crippen molar-refractivity contribution in [2.45, 2.75) is 30.2 Å². The molecule has 1 aliphatic carbocycles. The predicted molar refractivity (Wildman–Crippen MR) is 119 cm³/mol. The number of benzene rings is 3. The number of carbonyl (C=O) groups excluding carboxylic acids is 1. The minimum atomic E-state index is -3.69. The molecule has 0 aromatic heterocycles. The van der Waals surface area contributed by atoms with E-state index in [1.165, 1.54) is 23.3 Å². The highest BCUT2D eigenvalue weighted by Crippen LogP contribution is 2.29. The number of ether oxygens (including phenoxy) is 1. The van der Waals surface area contributed by atoms with E-state index < -0.39 is 10.0 Å². The van der Waals surface area contributed by atoms with Crippen LogP contribution in [-0.4, -0.2) is 20.9 Å². The van der Waals surface area contributed by atoms with Gasteiger partial charge in [0.15, 0.2) is 6.61 Å². The summed E-state index contributed by atoms with van der Waals surface area (Å²) < 4.78 is 33.1. The molecule has 3 aromatic rings. The van der Waals surface area contributed by atoms with Crippen molar-refractivity contribution in [2.24, 2.45) is 0 Å². The second kappa shape index (κ2) is 9.22. The number of carbonyl (C=O) groups is 1. The van der Waals surface area contributed by atoms with Crippen LogP contribution in [0.3, 0.4) is 0 Å². The fraction of sp³-hybridized carbons (Fsp3) is 0.208. The maximum atomic E-state index is 12.5. The molecule has 3 aromatic carbocycles. The van der Waals surface area contributed by atoms with Crippen LogP contribution in [0.25, 0.3) is 0 Å². The average molecular weight is 437 g/mol. The van der Waals surface area contributed by atoms with Crippen LogP contribution in [0.15, 0.2) is 83.8 Å². The van der Waals surface area contributed by atoms with Gasteiger partial charge in [-0.25, -0.2) is 8.42 Å². The van der Waals surface area contributed by atoms with E-state index in [9.17, 15) is 13.2 Å². The van der Waals surface area contributed by atoms with Crippen LogP contribution in [-0.2, 0) is 21.2 Å². The fourth-order valence-electron chi connectivity index (χ4n) is 3.72. The zero-order valence-electron chi connectivity index (χ0n) is 17.0. The van der Waals surface area contributed by atoms with Gasteiger partial charge in [-0.3, -0.25) is 9.52 Å². The maximum absolute atomic E-state index is 12.5. The highest BCUT2D eigenvalue weighted by atomic mass is 32.2. The van der Waals surface area contributed by atoms with Gasteiger partial charge in [0.1, 0.15) is 5.75 Å². The number of fused-ring (bicyclic) bond motifs is 1.